The molecule has 0 saturated heterocycles. The third-order valence-electron chi connectivity index (χ3n) is 2.61. The molecule has 16 heavy (non-hydrogen) atoms. The number of benzene rings is 1. The van der Waals surface area contributed by atoms with E-state index in [4.69, 9.17) is 0 Å². The minimum absolute atomic E-state index is 0.185. The lowest BCUT2D eigenvalue weighted by atomic mass is 10.0. The molecular formula is C13H17BrFN. The SMILES string of the molecule is C=CCCCC(NC)c1cccc(F)c1Br. The molecule has 1 aromatic carbocycles. The van der Waals surface area contributed by atoms with E-state index in [1.165, 1.54) is 6.07 Å². The molecule has 0 spiro atoms. The second kappa shape index (κ2) is 6.81. The van der Waals surface area contributed by atoms with Crippen LogP contribution in [-0.2, 0) is 0 Å². The molecule has 3 heteroatoms. The molecule has 0 fully saturated rings. The Morgan fingerprint density at radius 2 is 2.31 bits per heavy atom. The van der Waals surface area contributed by atoms with Crippen molar-refractivity contribution in [2.24, 2.45) is 0 Å². The highest BCUT2D eigenvalue weighted by Gasteiger charge is 2.14. The van der Waals surface area contributed by atoms with E-state index in [1.54, 1.807) is 6.07 Å². The summed E-state index contributed by atoms with van der Waals surface area (Å²) in [7, 11) is 1.90. The number of hydrogen-bond donors (Lipinski definition) is 1. The first-order valence-corrected chi connectivity index (χ1v) is 6.22. The molecule has 0 saturated carbocycles. The Kier molecular flexibility index (Phi) is 5.71. The number of rotatable bonds is 6. The molecule has 88 valence electrons. The van der Waals surface area contributed by atoms with Crippen LogP contribution in [0.3, 0.4) is 0 Å². The molecule has 0 aliphatic rings. The van der Waals surface area contributed by atoms with Gasteiger partial charge in [-0.05, 0) is 53.9 Å². The second-order valence-electron chi connectivity index (χ2n) is 3.70. The molecule has 1 aromatic rings. The Balaban J connectivity index is 2.78. The highest BCUT2D eigenvalue weighted by atomic mass is 79.9. The van der Waals surface area contributed by atoms with Gasteiger partial charge < -0.3 is 5.32 Å². The highest BCUT2D eigenvalue weighted by molar-refractivity contribution is 9.10. The van der Waals surface area contributed by atoms with Crippen LogP contribution in [0, 0.1) is 5.82 Å². The molecular weight excluding hydrogens is 269 g/mol. The zero-order valence-corrected chi connectivity index (χ0v) is 11.1. The molecule has 1 atom stereocenters. The monoisotopic (exact) mass is 285 g/mol. The molecule has 0 heterocycles. The molecule has 1 rings (SSSR count). The first kappa shape index (κ1) is 13.4. The minimum atomic E-state index is -0.207. The van der Waals surface area contributed by atoms with Gasteiger partial charge in [0.25, 0.3) is 0 Å². The van der Waals surface area contributed by atoms with Crippen LogP contribution in [-0.4, -0.2) is 7.05 Å². The van der Waals surface area contributed by atoms with Crippen molar-refractivity contribution in [3.05, 3.63) is 46.7 Å². The fourth-order valence-electron chi connectivity index (χ4n) is 1.71. The quantitative estimate of drug-likeness (QED) is 0.610. The van der Waals surface area contributed by atoms with Gasteiger partial charge in [0.15, 0.2) is 0 Å². The number of allylic oxidation sites excluding steroid dienone is 1. The fraction of sp³-hybridized carbons (Fsp3) is 0.385. The summed E-state index contributed by atoms with van der Waals surface area (Å²) in [5.41, 5.74) is 0.978. The Morgan fingerprint density at radius 3 is 2.94 bits per heavy atom. The third kappa shape index (κ3) is 3.42. The van der Waals surface area contributed by atoms with E-state index in [2.05, 4.69) is 27.8 Å². The van der Waals surface area contributed by atoms with Gasteiger partial charge in [-0.3, -0.25) is 0 Å². The van der Waals surface area contributed by atoms with Crippen LogP contribution in [0.4, 0.5) is 4.39 Å². The third-order valence-corrected chi connectivity index (χ3v) is 3.44. The van der Waals surface area contributed by atoms with Gasteiger partial charge in [0.1, 0.15) is 5.82 Å². The zero-order valence-electron chi connectivity index (χ0n) is 9.47. The lowest BCUT2D eigenvalue weighted by Gasteiger charge is -2.18. The molecule has 0 amide bonds. The number of hydrogen-bond acceptors (Lipinski definition) is 1. The molecule has 0 bridgehead atoms. The first-order chi connectivity index (χ1) is 7.70. The van der Waals surface area contributed by atoms with E-state index in [9.17, 15) is 4.39 Å². The Hall–Kier alpha value is -0.670. The average molecular weight is 286 g/mol. The van der Waals surface area contributed by atoms with Crippen LogP contribution in [0.5, 0.6) is 0 Å². The summed E-state index contributed by atoms with van der Waals surface area (Å²) in [6.07, 6.45) is 4.93. The van der Waals surface area contributed by atoms with E-state index in [0.717, 1.165) is 24.8 Å². The van der Waals surface area contributed by atoms with Crippen molar-refractivity contribution in [1.29, 1.82) is 0 Å². The van der Waals surface area contributed by atoms with Gasteiger partial charge in [0, 0.05) is 6.04 Å². The second-order valence-corrected chi connectivity index (χ2v) is 4.50. The zero-order chi connectivity index (χ0) is 12.0. The summed E-state index contributed by atoms with van der Waals surface area (Å²) >= 11 is 3.30. The largest absolute Gasteiger partial charge is 0.313 e. The molecule has 0 radical (unpaired) electrons. The standard InChI is InChI=1S/C13H17BrFN/c1-3-4-5-9-12(16-2)10-7-6-8-11(15)13(10)14/h3,6-8,12,16H,1,4-5,9H2,2H3. The predicted molar refractivity (Wildman–Crippen MR) is 69.9 cm³/mol. The summed E-state index contributed by atoms with van der Waals surface area (Å²) in [6.45, 7) is 3.70. The fourth-order valence-corrected chi connectivity index (χ4v) is 2.25. The Bertz CT molecular complexity index is 352. The summed E-state index contributed by atoms with van der Waals surface area (Å²) in [4.78, 5) is 0. The highest BCUT2D eigenvalue weighted by Crippen LogP contribution is 2.28. The number of halogens is 2. The molecule has 0 aromatic heterocycles. The average Bonchev–Trinajstić information content (AvgIpc) is 2.29. The van der Waals surface area contributed by atoms with Gasteiger partial charge in [-0.1, -0.05) is 18.2 Å². The van der Waals surface area contributed by atoms with Crippen LogP contribution in [0.2, 0.25) is 0 Å². The predicted octanol–water partition coefficient (Wildman–Crippen LogP) is 4.21. The van der Waals surface area contributed by atoms with Crippen LogP contribution in [0.15, 0.2) is 35.3 Å². The van der Waals surface area contributed by atoms with Crippen LogP contribution < -0.4 is 5.32 Å². The van der Waals surface area contributed by atoms with Crippen molar-refractivity contribution >= 4 is 15.9 Å². The summed E-state index contributed by atoms with van der Waals surface area (Å²) < 4.78 is 13.9. The van der Waals surface area contributed by atoms with Gasteiger partial charge in [0.05, 0.1) is 4.47 Å². The van der Waals surface area contributed by atoms with E-state index in [1.807, 2.05) is 19.2 Å². The number of nitrogens with one attached hydrogen (secondary N) is 1. The molecule has 1 unspecified atom stereocenters. The van der Waals surface area contributed by atoms with Crippen LogP contribution in [0.25, 0.3) is 0 Å². The van der Waals surface area contributed by atoms with Crippen molar-refractivity contribution in [3.8, 4) is 0 Å². The van der Waals surface area contributed by atoms with E-state index < -0.39 is 0 Å². The van der Waals surface area contributed by atoms with Crippen molar-refractivity contribution in [1.82, 2.24) is 5.32 Å². The topological polar surface area (TPSA) is 12.0 Å². The van der Waals surface area contributed by atoms with Crippen molar-refractivity contribution in [3.63, 3.8) is 0 Å². The van der Waals surface area contributed by atoms with Gasteiger partial charge in [-0.2, -0.15) is 0 Å². The first-order valence-electron chi connectivity index (χ1n) is 5.42. The maximum atomic E-state index is 13.4. The maximum absolute atomic E-state index is 13.4. The molecule has 0 aliphatic heterocycles. The normalized spacial score (nSPS) is 12.4. The Morgan fingerprint density at radius 1 is 1.56 bits per heavy atom. The van der Waals surface area contributed by atoms with Gasteiger partial charge >= 0.3 is 0 Å². The smallest absolute Gasteiger partial charge is 0.137 e. The van der Waals surface area contributed by atoms with Crippen molar-refractivity contribution < 1.29 is 4.39 Å². The minimum Gasteiger partial charge on any atom is -0.313 e. The molecule has 1 N–H and O–H groups in total. The summed E-state index contributed by atoms with van der Waals surface area (Å²) in [5.74, 6) is -0.207. The summed E-state index contributed by atoms with van der Waals surface area (Å²) in [6, 6.07) is 5.34. The number of unbranched alkanes of at least 4 members (excludes halogenated alkanes) is 1. The maximum Gasteiger partial charge on any atom is 0.137 e. The van der Waals surface area contributed by atoms with E-state index in [-0.39, 0.29) is 11.9 Å². The van der Waals surface area contributed by atoms with E-state index >= 15 is 0 Å². The molecule has 0 aliphatic carbocycles. The van der Waals surface area contributed by atoms with Crippen molar-refractivity contribution in [2.45, 2.75) is 25.3 Å². The summed E-state index contributed by atoms with van der Waals surface area (Å²) in [5, 5.41) is 3.21. The Labute approximate surface area is 105 Å². The lowest BCUT2D eigenvalue weighted by Crippen LogP contribution is -2.17. The van der Waals surface area contributed by atoms with Crippen LogP contribution in [0.1, 0.15) is 30.9 Å². The molecule has 1 nitrogen and oxygen atoms in total. The van der Waals surface area contributed by atoms with E-state index in [0.29, 0.717) is 4.47 Å². The lowest BCUT2D eigenvalue weighted by molar-refractivity contribution is 0.521. The van der Waals surface area contributed by atoms with Gasteiger partial charge in [-0.25, -0.2) is 4.39 Å². The van der Waals surface area contributed by atoms with Gasteiger partial charge in [-0.15, -0.1) is 6.58 Å². The van der Waals surface area contributed by atoms with Crippen molar-refractivity contribution in [2.75, 3.05) is 7.05 Å². The van der Waals surface area contributed by atoms with Gasteiger partial charge in [0.2, 0.25) is 0 Å². The van der Waals surface area contributed by atoms with Crippen LogP contribution >= 0.6 is 15.9 Å².